The van der Waals surface area contributed by atoms with Gasteiger partial charge < -0.3 is 10.5 Å². The summed E-state index contributed by atoms with van der Waals surface area (Å²) in [6.45, 7) is 4.11. The van der Waals surface area contributed by atoms with Crippen LogP contribution in [0.3, 0.4) is 0 Å². The minimum Gasteiger partial charge on any atom is -0.496 e. The van der Waals surface area contributed by atoms with Gasteiger partial charge in [-0.05, 0) is 49.1 Å². The summed E-state index contributed by atoms with van der Waals surface area (Å²) >= 11 is 12.0. The molecule has 1 unspecified atom stereocenters. The van der Waals surface area contributed by atoms with Crippen molar-refractivity contribution in [3.05, 3.63) is 62.6 Å². The van der Waals surface area contributed by atoms with Gasteiger partial charge in [0.1, 0.15) is 5.75 Å². The van der Waals surface area contributed by atoms with Crippen molar-refractivity contribution >= 4 is 23.2 Å². The molecule has 0 fully saturated rings. The van der Waals surface area contributed by atoms with Gasteiger partial charge in [-0.3, -0.25) is 0 Å². The third-order valence-electron chi connectivity index (χ3n) is 3.75. The summed E-state index contributed by atoms with van der Waals surface area (Å²) in [6.07, 6.45) is 0.676. The van der Waals surface area contributed by atoms with Crippen LogP contribution in [0, 0.1) is 13.8 Å². The highest BCUT2D eigenvalue weighted by Gasteiger charge is 2.16. The van der Waals surface area contributed by atoms with E-state index in [2.05, 4.69) is 13.0 Å². The molecule has 2 nitrogen and oxygen atoms in total. The molecule has 0 amide bonds. The van der Waals surface area contributed by atoms with Gasteiger partial charge in [0.05, 0.1) is 17.2 Å². The van der Waals surface area contributed by atoms with Gasteiger partial charge in [0, 0.05) is 11.6 Å². The van der Waals surface area contributed by atoms with Crippen molar-refractivity contribution in [1.82, 2.24) is 0 Å². The van der Waals surface area contributed by atoms with Gasteiger partial charge in [-0.2, -0.15) is 0 Å². The smallest absolute Gasteiger partial charge is 0.126 e. The van der Waals surface area contributed by atoms with E-state index in [4.69, 9.17) is 33.7 Å². The number of hydrogen-bond donors (Lipinski definition) is 1. The molecule has 0 spiro atoms. The average molecular weight is 324 g/mol. The lowest BCUT2D eigenvalue weighted by Crippen LogP contribution is -2.15. The molecule has 2 aromatic rings. The maximum Gasteiger partial charge on any atom is 0.126 e. The second-order valence-electron chi connectivity index (χ2n) is 5.19. The van der Waals surface area contributed by atoms with E-state index in [1.54, 1.807) is 13.2 Å². The summed E-state index contributed by atoms with van der Waals surface area (Å²) in [4.78, 5) is 0. The summed E-state index contributed by atoms with van der Waals surface area (Å²) in [5.74, 6) is 0.863. The van der Waals surface area contributed by atoms with E-state index in [0.29, 0.717) is 16.5 Å². The molecule has 2 N–H and O–H groups in total. The van der Waals surface area contributed by atoms with Crippen LogP contribution in [0.25, 0.3) is 0 Å². The molecular weight excluding hydrogens is 305 g/mol. The Bertz CT molecular complexity index is 655. The first kappa shape index (κ1) is 16.2. The Morgan fingerprint density at radius 2 is 1.81 bits per heavy atom. The normalized spacial score (nSPS) is 12.3. The number of methoxy groups -OCH3 is 1. The van der Waals surface area contributed by atoms with E-state index in [-0.39, 0.29) is 6.04 Å². The van der Waals surface area contributed by atoms with Gasteiger partial charge >= 0.3 is 0 Å². The van der Waals surface area contributed by atoms with Crippen LogP contribution in [-0.2, 0) is 6.42 Å². The molecule has 2 aromatic carbocycles. The van der Waals surface area contributed by atoms with Crippen LogP contribution in [0.2, 0.25) is 10.0 Å². The molecule has 0 saturated heterocycles. The second kappa shape index (κ2) is 6.69. The van der Waals surface area contributed by atoms with E-state index in [1.165, 1.54) is 5.56 Å². The number of nitrogens with two attached hydrogens (primary N) is 1. The number of halogens is 2. The predicted octanol–water partition coefficient (Wildman–Crippen LogP) is 4.86. The molecule has 0 aliphatic heterocycles. The number of benzene rings is 2. The first-order chi connectivity index (χ1) is 9.93. The van der Waals surface area contributed by atoms with Crippen molar-refractivity contribution in [3.8, 4) is 5.75 Å². The van der Waals surface area contributed by atoms with Gasteiger partial charge in [0.25, 0.3) is 0 Å². The van der Waals surface area contributed by atoms with Gasteiger partial charge in [0.2, 0.25) is 0 Å². The van der Waals surface area contributed by atoms with Gasteiger partial charge in [-0.15, -0.1) is 0 Å². The van der Waals surface area contributed by atoms with E-state index in [1.807, 2.05) is 25.1 Å². The Kier molecular flexibility index (Phi) is 5.15. The van der Waals surface area contributed by atoms with Gasteiger partial charge in [-0.25, -0.2) is 0 Å². The highest BCUT2D eigenvalue weighted by molar-refractivity contribution is 6.42. The fraction of sp³-hybridized carbons (Fsp3) is 0.294. The zero-order chi connectivity index (χ0) is 15.6. The molecule has 0 saturated carbocycles. The number of aryl methyl sites for hydroxylation is 1. The molecule has 1 atom stereocenters. The molecule has 0 bridgehead atoms. The van der Waals surface area contributed by atoms with Crippen molar-refractivity contribution < 1.29 is 4.74 Å². The van der Waals surface area contributed by atoms with Crippen LogP contribution in [0.15, 0.2) is 30.3 Å². The lowest BCUT2D eigenvalue weighted by Gasteiger charge is -2.19. The quantitative estimate of drug-likeness (QED) is 0.871. The highest BCUT2D eigenvalue weighted by Crippen LogP contribution is 2.32. The van der Waals surface area contributed by atoms with Crippen LogP contribution in [-0.4, -0.2) is 7.11 Å². The Hall–Kier alpha value is -1.22. The van der Waals surface area contributed by atoms with E-state index < -0.39 is 0 Å². The zero-order valence-electron chi connectivity index (χ0n) is 12.4. The first-order valence-corrected chi connectivity index (χ1v) is 7.53. The lowest BCUT2D eigenvalue weighted by atomic mass is 9.95. The average Bonchev–Trinajstić information content (AvgIpc) is 2.45. The Labute approximate surface area is 135 Å². The van der Waals surface area contributed by atoms with Crippen molar-refractivity contribution in [2.75, 3.05) is 7.11 Å². The van der Waals surface area contributed by atoms with Crippen LogP contribution in [0.5, 0.6) is 5.75 Å². The van der Waals surface area contributed by atoms with E-state index in [0.717, 1.165) is 22.4 Å². The Morgan fingerprint density at radius 3 is 2.43 bits per heavy atom. The summed E-state index contributed by atoms with van der Waals surface area (Å²) in [5, 5.41) is 1.10. The molecule has 112 valence electrons. The molecule has 0 aromatic heterocycles. The molecule has 0 radical (unpaired) electrons. The van der Waals surface area contributed by atoms with Crippen molar-refractivity contribution in [3.63, 3.8) is 0 Å². The summed E-state index contributed by atoms with van der Waals surface area (Å²) < 4.78 is 5.53. The molecule has 0 aliphatic carbocycles. The number of rotatable bonds is 4. The van der Waals surface area contributed by atoms with Gasteiger partial charge in [0.15, 0.2) is 0 Å². The van der Waals surface area contributed by atoms with Crippen LogP contribution < -0.4 is 10.5 Å². The summed E-state index contributed by atoms with van der Waals surface area (Å²) in [5.41, 5.74) is 10.7. The van der Waals surface area contributed by atoms with Crippen molar-refractivity contribution in [2.24, 2.45) is 5.73 Å². The fourth-order valence-corrected chi connectivity index (χ4v) is 2.73. The first-order valence-electron chi connectivity index (χ1n) is 6.77. The number of ether oxygens (including phenoxy) is 1. The zero-order valence-corrected chi connectivity index (χ0v) is 13.9. The molecule has 21 heavy (non-hydrogen) atoms. The second-order valence-corrected chi connectivity index (χ2v) is 6.00. The maximum absolute atomic E-state index is 6.35. The van der Waals surface area contributed by atoms with Crippen molar-refractivity contribution in [1.29, 1.82) is 0 Å². The third kappa shape index (κ3) is 3.52. The SMILES string of the molecule is COc1c(C(N)Cc2ccc(Cl)c(Cl)c2)ccc(C)c1C. The third-order valence-corrected chi connectivity index (χ3v) is 4.49. The van der Waals surface area contributed by atoms with Crippen LogP contribution >= 0.6 is 23.2 Å². The van der Waals surface area contributed by atoms with Crippen molar-refractivity contribution in [2.45, 2.75) is 26.3 Å². The van der Waals surface area contributed by atoms with Crippen LogP contribution in [0.1, 0.15) is 28.3 Å². The maximum atomic E-state index is 6.35. The fourth-order valence-electron chi connectivity index (χ4n) is 2.40. The van der Waals surface area contributed by atoms with Crippen LogP contribution in [0.4, 0.5) is 0 Å². The standard InChI is InChI=1S/C17H19Cl2NO/c1-10-4-6-13(17(21-3)11(10)2)16(20)9-12-5-7-14(18)15(19)8-12/h4-8,16H,9,20H2,1-3H3. The topological polar surface area (TPSA) is 35.2 Å². The predicted molar refractivity (Wildman–Crippen MR) is 89.6 cm³/mol. The summed E-state index contributed by atoms with van der Waals surface area (Å²) in [6, 6.07) is 9.55. The Morgan fingerprint density at radius 1 is 1.10 bits per heavy atom. The molecule has 2 rings (SSSR count). The minimum absolute atomic E-state index is 0.156. The largest absolute Gasteiger partial charge is 0.496 e. The molecule has 4 heteroatoms. The number of hydrogen-bond acceptors (Lipinski definition) is 2. The Balaban J connectivity index is 2.30. The summed E-state index contributed by atoms with van der Waals surface area (Å²) in [7, 11) is 1.68. The minimum atomic E-state index is -0.156. The lowest BCUT2D eigenvalue weighted by molar-refractivity contribution is 0.402. The highest BCUT2D eigenvalue weighted by atomic mass is 35.5. The molecular formula is C17H19Cl2NO. The molecule has 0 heterocycles. The molecule has 0 aliphatic rings. The monoisotopic (exact) mass is 323 g/mol. The van der Waals surface area contributed by atoms with Gasteiger partial charge in [-0.1, -0.05) is 41.4 Å². The van der Waals surface area contributed by atoms with E-state index in [9.17, 15) is 0 Å². The van der Waals surface area contributed by atoms with E-state index >= 15 is 0 Å².